The summed E-state index contributed by atoms with van der Waals surface area (Å²) in [6.45, 7) is 7.63. The summed E-state index contributed by atoms with van der Waals surface area (Å²) >= 11 is 0. The van der Waals surface area contributed by atoms with Crippen LogP contribution in [-0.4, -0.2) is 34.5 Å². The number of nitrogens with zero attached hydrogens (tertiary/aromatic N) is 2. The van der Waals surface area contributed by atoms with Gasteiger partial charge >= 0.3 is 5.97 Å². The average Bonchev–Trinajstić information content (AvgIpc) is 3.03. The highest BCUT2D eigenvalue weighted by Gasteiger charge is 2.31. The van der Waals surface area contributed by atoms with Crippen LogP contribution in [0, 0.1) is 13.8 Å². The van der Waals surface area contributed by atoms with Gasteiger partial charge in [0.25, 0.3) is 5.91 Å². The first-order chi connectivity index (χ1) is 15.0. The van der Waals surface area contributed by atoms with Gasteiger partial charge in [-0.25, -0.2) is 4.79 Å². The first-order valence-corrected chi connectivity index (χ1v) is 10.8. The van der Waals surface area contributed by atoms with E-state index in [9.17, 15) is 9.59 Å². The summed E-state index contributed by atoms with van der Waals surface area (Å²) in [6.07, 6.45) is 0.843. The fraction of sp³-hybridized carbons (Fsp3) is 0.308. The van der Waals surface area contributed by atoms with Gasteiger partial charge in [-0.2, -0.15) is 0 Å². The number of rotatable bonds is 5. The lowest BCUT2D eigenvalue weighted by Crippen LogP contribution is -2.36. The van der Waals surface area contributed by atoms with E-state index in [4.69, 9.17) is 4.74 Å². The molecule has 0 spiro atoms. The number of carbonyl (C=O) groups is 2. The predicted molar refractivity (Wildman–Crippen MR) is 120 cm³/mol. The number of esters is 1. The molecule has 0 atom stereocenters. The minimum atomic E-state index is -0.387. The standard InChI is InChI=1S/C26H28N2O3/c1-4-31-26(30)24-18(2)23(19(3)28(24)16-20-10-6-5-7-11-20)25(29)27-15-14-21-12-8-9-13-22(21)17-27/h5-13H,4,14-17H2,1-3H3. The van der Waals surface area contributed by atoms with E-state index >= 15 is 0 Å². The van der Waals surface area contributed by atoms with Gasteiger partial charge in [0.15, 0.2) is 0 Å². The van der Waals surface area contributed by atoms with Gasteiger partial charge in [0, 0.05) is 25.3 Å². The topological polar surface area (TPSA) is 51.5 Å². The molecule has 1 amide bonds. The molecule has 2 heterocycles. The molecule has 0 bridgehead atoms. The molecule has 1 aliphatic heterocycles. The van der Waals surface area contributed by atoms with Gasteiger partial charge < -0.3 is 14.2 Å². The van der Waals surface area contributed by atoms with Crippen molar-refractivity contribution in [1.82, 2.24) is 9.47 Å². The van der Waals surface area contributed by atoms with Crippen molar-refractivity contribution in [2.24, 2.45) is 0 Å². The summed E-state index contributed by atoms with van der Waals surface area (Å²) in [7, 11) is 0. The Labute approximate surface area is 183 Å². The summed E-state index contributed by atoms with van der Waals surface area (Å²) < 4.78 is 7.27. The van der Waals surface area contributed by atoms with Crippen LogP contribution in [0.15, 0.2) is 54.6 Å². The minimum absolute atomic E-state index is 0.0261. The van der Waals surface area contributed by atoms with E-state index in [1.54, 1.807) is 6.92 Å². The first kappa shape index (κ1) is 20.9. The smallest absolute Gasteiger partial charge is 0.355 e. The van der Waals surface area contributed by atoms with Crippen LogP contribution >= 0.6 is 0 Å². The van der Waals surface area contributed by atoms with Crippen LogP contribution < -0.4 is 0 Å². The quantitative estimate of drug-likeness (QED) is 0.574. The Hall–Kier alpha value is -3.34. The van der Waals surface area contributed by atoms with E-state index in [0.717, 1.165) is 17.7 Å². The van der Waals surface area contributed by atoms with Gasteiger partial charge in [-0.3, -0.25) is 4.79 Å². The molecule has 5 heteroatoms. The van der Waals surface area contributed by atoms with Crippen molar-refractivity contribution in [3.05, 3.63) is 93.8 Å². The summed E-state index contributed by atoms with van der Waals surface area (Å²) in [6, 6.07) is 18.2. The molecule has 31 heavy (non-hydrogen) atoms. The maximum atomic E-state index is 13.6. The van der Waals surface area contributed by atoms with Crippen molar-refractivity contribution in [3.8, 4) is 0 Å². The number of hydrogen-bond acceptors (Lipinski definition) is 3. The molecule has 0 saturated heterocycles. The van der Waals surface area contributed by atoms with E-state index in [-0.39, 0.29) is 11.9 Å². The van der Waals surface area contributed by atoms with Crippen LogP contribution in [0.1, 0.15) is 55.7 Å². The Balaban J connectivity index is 1.73. The number of aromatic nitrogens is 1. The van der Waals surface area contributed by atoms with Crippen molar-refractivity contribution in [2.45, 2.75) is 40.3 Å². The number of fused-ring (bicyclic) bond motifs is 1. The minimum Gasteiger partial charge on any atom is -0.461 e. The van der Waals surface area contributed by atoms with Gasteiger partial charge in [-0.05, 0) is 49.4 Å². The third-order valence-electron chi connectivity index (χ3n) is 6.05. The largest absolute Gasteiger partial charge is 0.461 e. The molecule has 1 aromatic heterocycles. The average molecular weight is 417 g/mol. The summed E-state index contributed by atoms with van der Waals surface area (Å²) in [5.74, 6) is -0.413. The van der Waals surface area contributed by atoms with Gasteiger partial charge in [0.1, 0.15) is 5.69 Å². The maximum absolute atomic E-state index is 13.6. The van der Waals surface area contributed by atoms with E-state index in [2.05, 4.69) is 12.1 Å². The molecule has 0 N–H and O–H groups in total. The van der Waals surface area contributed by atoms with Gasteiger partial charge in [-0.1, -0.05) is 54.6 Å². The zero-order valence-electron chi connectivity index (χ0n) is 18.4. The Morgan fingerprint density at radius 1 is 0.968 bits per heavy atom. The fourth-order valence-corrected chi connectivity index (χ4v) is 4.46. The molecular weight excluding hydrogens is 388 g/mol. The molecule has 0 fully saturated rings. The lowest BCUT2D eigenvalue weighted by atomic mass is 9.98. The van der Waals surface area contributed by atoms with E-state index in [0.29, 0.717) is 43.1 Å². The van der Waals surface area contributed by atoms with Gasteiger partial charge in [0.05, 0.1) is 12.2 Å². The molecule has 160 valence electrons. The second-order valence-corrected chi connectivity index (χ2v) is 7.97. The molecule has 0 radical (unpaired) electrons. The Morgan fingerprint density at radius 2 is 1.65 bits per heavy atom. The van der Waals surface area contributed by atoms with Crippen LogP contribution in [-0.2, 0) is 24.2 Å². The molecular formula is C26H28N2O3. The third kappa shape index (κ3) is 4.00. The van der Waals surface area contributed by atoms with E-state index < -0.39 is 0 Å². The highest BCUT2D eigenvalue weighted by molar-refractivity contribution is 6.01. The summed E-state index contributed by atoms with van der Waals surface area (Å²) in [5.41, 5.74) is 6.11. The van der Waals surface area contributed by atoms with Gasteiger partial charge in [-0.15, -0.1) is 0 Å². The van der Waals surface area contributed by atoms with Crippen molar-refractivity contribution in [2.75, 3.05) is 13.2 Å². The molecule has 0 unspecified atom stereocenters. The Morgan fingerprint density at radius 3 is 2.35 bits per heavy atom. The van der Waals surface area contributed by atoms with E-state index in [1.807, 2.05) is 65.8 Å². The molecule has 3 aromatic rings. The third-order valence-corrected chi connectivity index (χ3v) is 6.05. The first-order valence-electron chi connectivity index (χ1n) is 10.8. The zero-order chi connectivity index (χ0) is 22.0. The maximum Gasteiger partial charge on any atom is 0.355 e. The van der Waals surface area contributed by atoms with Crippen LogP contribution in [0.5, 0.6) is 0 Å². The van der Waals surface area contributed by atoms with Crippen molar-refractivity contribution >= 4 is 11.9 Å². The zero-order valence-corrected chi connectivity index (χ0v) is 18.4. The second-order valence-electron chi connectivity index (χ2n) is 7.97. The van der Waals surface area contributed by atoms with Crippen molar-refractivity contribution in [1.29, 1.82) is 0 Å². The molecule has 0 aliphatic carbocycles. The number of hydrogen-bond donors (Lipinski definition) is 0. The van der Waals surface area contributed by atoms with Crippen LogP contribution in [0.4, 0.5) is 0 Å². The van der Waals surface area contributed by atoms with E-state index in [1.165, 1.54) is 11.1 Å². The molecule has 4 rings (SSSR count). The number of carbonyl (C=O) groups excluding carboxylic acids is 2. The number of benzene rings is 2. The van der Waals surface area contributed by atoms with Crippen LogP contribution in [0.3, 0.4) is 0 Å². The Kier molecular flexibility index (Phi) is 5.94. The highest BCUT2D eigenvalue weighted by Crippen LogP contribution is 2.28. The second kappa shape index (κ2) is 8.80. The predicted octanol–water partition coefficient (Wildman–Crippen LogP) is 4.53. The summed E-state index contributed by atoms with van der Waals surface area (Å²) in [4.78, 5) is 28.3. The Bertz CT molecular complexity index is 1120. The lowest BCUT2D eigenvalue weighted by molar-refractivity contribution is 0.0513. The van der Waals surface area contributed by atoms with Crippen molar-refractivity contribution < 1.29 is 14.3 Å². The summed E-state index contributed by atoms with van der Waals surface area (Å²) in [5, 5.41) is 0. The lowest BCUT2D eigenvalue weighted by Gasteiger charge is -2.29. The number of ether oxygens (including phenoxy) is 1. The normalized spacial score (nSPS) is 13.1. The molecule has 1 aliphatic rings. The van der Waals surface area contributed by atoms with Crippen molar-refractivity contribution in [3.63, 3.8) is 0 Å². The SMILES string of the molecule is CCOC(=O)c1c(C)c(C(=O)N2CCc3ccccc3C2)c(C)n1Cc1ccccc1. The molecule has 2 aromatic carbocycles. The molecule has 0 saturated carbocycles. The molecule has 5 nitrogen and oxygen atoms in total. The fourth-order valence-electron chi connectivity index (χ4n) is 4.46. The van der Waals surface area contributed by atoms with Gasteiger partial charge in [0.2, 0.25) is 0 Å². The van der Waals surface area contributed by atoms with Crippen LogP contribution in [0.2, 0.25) is 0 Å². The monoisotopic (exact) mass is 416 g/mol. The number of amides is 1. The van der Waals surface area contributed by atoms with Crippen LogP contribution in [0.25, 0.3) is 0 Å². The highest BCUT2D eigenvalue weighted by atomic mass is 16.5.